The number of carboxylic acid groups (broad SMARTS) is 1. The fourth-order valence-electron chi connectivity index (χ4n) is 4.24. The highest BCUT2D eigenvalue weighted by Crippen LogP contribution is 2.15. The normalized spacial score (nSPS) is 12.9. The standard InChI is InChI=1S/C34H58O4/c1-3-5-7-9-11-12-13-14-15-16-17-18-19-20-21-22-24-26-28-30-34(37)38-32(31-33(35)36)29-27-25-23-10-8-6-4-2/h11-12,14-15,17-18,20-21,32H,3-10,13,16,19,22-31H2,1-2H3,(H,35,36)/b12-11-,15-14-,18-17-,21-20-. The summed E-state index contributed by atoms with van der Waals surface area (Å²) in [6.45, 7) is 4.44. The molecule has 4 heteroatoms. The lowest BCUT2D eigenvalue weighted by Gasteiger charge is -2.16. The Kier molecular flexibility index (Phi) is 27.8. The van der Waals surface area contributed by atoms with Gasteiger partial charge in [-0.2, -0.15) is 0 Å². The molecule has 0 aliphatic carbocycles. The van der Waals surface area contributed by atoms with Gasteiger partial charge in [-0.1, -0.05) is 120 Å². The summed E-state index contributed by atoms with van der Waals surface area (Å²) in [4.78, 5) is 23.3. The molecule has 0 amide bonds. The topological polar surface area (TPSA) is 63.6 Å². The summed E-state index contributed by atoms with van der Waals surface area (Å²) >= 11 is 0. The highest BCUT2D eigenvalue weighted by molar-refractivity contribution is 5.71. The summed E-state index contributed by atoms with van der Waals surface area (Å²) in [5, 5.41) is 9.13. The van der Waals surface area contributed by atoms with Crippen LogP contribution < -0.4 is 0 Å². The van der Waals surface area contributed by atoms with Gasteiger partial charge in [0.25, 0.3) is 0 Å². The molecule has 0 aliphatic heterocycles. The molecule has 218 valence electrons. The number of hydrogen-bond acceptors (Lipinski definition) is 3. The van der Waals surface area contributed by atoms with Crippen molar-refractivity contribution in [3.8, 4) is 0 Å². The summed E-state index contributed by atoms with van der Waals surface area (Å²) < 4.78 is 5.49. The third-order valence-corrected chi connectivity index (χ3v) is 6.54. The Bertz CT molecular complexity index is 659. The van der Waals surface area contributed by atoms with E-state index in [2.05, 4.69) is 62.5 Å². The Labute approximate surface area is 234 Å². The number of carbonyl (C=O) groups is 2. The fraction of sp³-hybridized carbons (Fsp3) is 0.706. The van der Waals surface area contributed by atoms with E-state index in [4.69, 9.17) is 9.84 Å². The minimum Gasteiger partial charge on any atom is -0.481 e. The lowest BCUT2D eigenvalue weighted by atomic mass is 10.0. The van der Waals surface area contributed by atoms with Crippen molar-refractivity contribution < 1.29 is 19.4 Å². The second-order valence-electron chi connectivity index (χ2n) is 10.3. The minimum absolute atomic E-state index is 0.0896. The first kappa shape index (κ1) is 35.9. The van der Waals surface area contributed by atoms with Gasteiger partial charge in [0.15, 0.2) is 0 Å². The summed E-state index contributed by atoms with van der Waals surface area (Å²) in [7, 11) is 0. The Morgan fingerprint density at radius 1 is 0.605 bits per heavy atom. The average Bonchev–Trinajstić information content (AvgIpc) is 2.89. The van der Waals surface area contributed by atoms with Crippen LogP contribution in [-0.4, -0.2) is 23.1 Å². The molecule has 0 rings (SSSR count). The SMILES string of the molecule is CCCCC/C=C\C/C=C\C/C=C\C/C=C\CCCCCC(=O)OC(CCCCCCCCC)CC(=O)O. The Balaban J connectivity index is 3.77. The smallest absolute Gasteiger partial charge is 0.307 e. The Morgan fingerprint density at radius 3 is 1.61 bits per heavy atom. The Morgan fingerprint density at radius 2 is 1.05 bits per heavy atom. The maximum Gasteiger partial charge on any atom is 0.307 e. The van der Waals surface area contributed by atoms with E-state index in [1.54, 1.807) is 0 Å². The van der Waals surface area contributed by atoms with Crippen LogP contribution in [0.5, 0.6) is 0 Å². The monoisotopic (exact) mass is 530 g/mol. The number of aliphatic carboxylic acids is 1. The van der Waals surface area contributed by atoms with Crippen LogP contribution in [0.25, 0.3) is 0 Å². The molecule has 1 unspecified atom stereocenters. The Hall–Kier alpha value is -2.10. The molecule has 38 heavy (non-hydrogen) atoms. The van der Waals surface area contributed by atoms with Crippen molar-refractivity contribution in [3.63, 3.8) is 0 Å². The number of ether oxygens (including phenoxy) is 1. The lowest BCUT2D eigenvalue weighted by Crippen LogP contribution is -2.21. The average molecular weight is 531 g/mol. The number of carbonyl (C=O) groups excluding carboxylic acids is 1. The molecule has 0 fully saturated rings. The molecule has 0 saturated carbocycles. The van der Waals surface area contributed by atoms with Crippen molar-refractivity contribution in [1.82, 2.24) is 0 Å². The van der Waals surface area contributed by atoms with Gasteiger partial charge in [-0.05, 0) is 64.2 Å². The van der Waals surface area contributed by atoms with Crippen LogP contribution >= 0.6 is 0 Å². The van der Waals surface area contributed by atoms with E-state index < -0.39 is 12.1 Å². The van der Waals surface area contributed by atoms with Gasteiger partial charge in [0.2, 0.25) is 0 Å². The number of rotatable bonds is 27. The van der Waals surface area contributed by atoms with Gasteiger partial charge in [0, 0.05) is 6.42 Å². The predicted molar refractivity (Wildman–Crippen MR) is 162 cm³/mol. The molecule has 0 aromatic heterocycles. The van der Waals surface area contributed by atoms with Crippen molar-refractivity contribution in [1.29, 1.82) is 0 Å². The second-order valence-corrected chi connectivity index (χ2v) is 10.3. The van der Waals surface area contributed by atoms with Crippen LogP contribution in [0, 0.1) is 0 Å². The van der Waals surface area contributed by atoms with Crippen LogP contribution in [0.2, 0.25) is 0 Å². The fourth-order valence-corrected chi connectivity index (χ4v) is 4.24. The molecular formula is C34H58O4. The van der Waals surface area contributed by atoms with Gasteiger partial charge < -0.3 is 9.84 Å². The molecule has 1 atom stereocenters. The molecule has 0 aliphatic rings. The molecular weight excluding hydrogens is 472 g/mol. The number of carboxylic acids is 1. The summed E-state index contributed by atoms with van der Waals surface area (Å²) in [5.41, 5.74) is 0. The lowest BCUT2D eigenvalue weighted by molar-refractivity contribution is -0.153. The van der Waals surface area contributed by atoms with Gasteiger partial charge in [0.05, 0.1) is 6.42 Å². The van der Waals surface area contributed by atoms with Crippen molar-refractivity contribution in [2.24, 2.45) is 0 Å². The van der Waals surface area contributed by atoms with E-state index in [0.717, 1.165) is 57.8 Å². The van der Waals surface area contributed by atoms with E-state index in [1.165, 1.54) is 57.8 Å². The second kappa shape index (κ2) is 29.5. The molecule has 0 spiro atoms. The van der Waals surface area contributed by atoms with Gasteiger partial charge in [-0.15, -0.1) is 0 Å². The third-order valence-electron chi connectivity index (χ3n) is 6.54. The maximum absolute atomic E-state index is 12.2. The largest absolute Gasteiger partial charge is 0.481 e. The molecule has 1 N–H and O–H groups in total. The molecule has 4 nitrogen and oxygen atoms in total. The number of unbranched alkanes of at least 4 members (excludes halogenated alkanes) is 12. The van der Waals surface area contributed by atoms with Gasteiger partial charge in [0.1, 0.15) is 6.10 Å². The molecule has 0 heterocycles. The van der Waals surface area contributed by atoms with Gasteiger partial charge in [-0.25, -0.2) is 0 Å². The molecule has 0 aromatic rings. The van der Waals surface area contributed by atoms with E-state index in [0.29, 0.717) is 12.8 Å². The van der Waals surface area contributed by atoms with E-state index >= 15 is 0 Å². The molecule has 0 aromatic carbocycles. The summed E-state index contributed by atoms with van der Waals surface area (Å²) in [5.74, 6) is -1.15. The highest BCUT2D eigenvalue weighted by Gasteiger charge is 2.17. The van der Waals surface area contributed by atoms with Crippen LogP contribution in [0.1, 0.15) is 149 Å². The van der Waals surface area contributed by atoms with Crippen molar-refractivity contribution in [2.75, 3.05) is 0 Å². The third kappa shape index (κ3) is 28.5. The van der Waals surface area contributed by atoms with E-state index in [1.807, 2.05) is 0 Å². The summed E-state index contributed by atoms with van der Waals surface area (Å²) in [6.07, 6.45) is 38.4. The van der Waals surface area contributed by atoms with Gasteiger partial charge in [-0.3, -0.25) is 9.59 Å². The zero-order valence-corrected chi connectivity index (χ0v) is 24.7. The molecule has 0 radical (unpaired) electrons. The first-order chi connectivity index (χ1) is 18.6. The number of hydrogen-bond donors (Lipinski definition) is 1. The zero-order valence-electron chi connectivity index (χ0n) is 24.7. The van der Waals surface area contributed by atoms with Crippen LogP contribution in [0.15, 0.2) is 48.6 Å². The summed E-state index contributed by atoms with van der Waals surface area (Å²) in [6, 6.07) is 0. The quantitative estimate of drug-likeness (QED) is 0.0651. The van der Waals surface area contributed by atoms with Crippen LogP contribution in [0.3, 0.4) is 0 Å². The zero-order chi connectivity index (χ0) is 27.9. The minimum atomic E-state index is -0.898. The first-order valence-electron chi connectivity index (χ1n) is 15.6. The van der Waals surface area contributed by atoms with Crippen molar-refractivity contribution in [2.45, 2.75) is 155 Å². The number of esters is 1. The van der Waals surface area contributed by atoms with Crippen LogP contribution in [-0.2, 0) is 14.3 Å². The molecule has 0 saturated heterocycles. The predicted octanol–water partition coefficient (Wildman–Crippen LogP) is 10.4. The number of allylic oxidation sites excluding steroid dienone is 8. The first-order valence-corrected chi connectivity index (χ1v) is 15.6. The van der Waals surface area contributed by atoms with Crippen molar-refractivity contribution >= 4 is 11.9 Å². The molecule has 0 bridgehead atoms. The van der Waals surface area contributed by atoms with Gasteiger partial charge >= 0.3 is 11.9 Å². The van der Waals surface area contributed by atoms with E-state index in [9.17, 15) is 9.59 Å². The van der Waals surface area contributed by atoms with Crippen molar-refractivity contribution in [3.05, 3.63) is 48.6 Å². The maximum atomic E-state index is 12.2. The van der Waals surface area contributed by atoms with Crippen LogP contribution in [0.4, 0.5) is 0 Å². The highest BCUT2D eigenvalue weighted by atomic mass is 16.5. The van der Waals surface area contributed by atoms with E-state index in [-0.39, 0.29) is 12.4 Å².